The van der Waals surface area contributed by atoms with Crippen LogP contribution in [0.25, 0.3) is 11.4 Å². The molecule has 0 aliphatic heterocycles. The predicted octanol–water partition coefficient (Wildman–Crippen LogP) is 3.40. The summed E-state index contributed by atoms with van der Waals surface area (Å²) in [4.78, 5) is 16.3. The van der Waals surface area contributed by atoms with Gasteiger partial charge in [-0.1, -0.05) is 24.4 Å². The van der Waals surface area contributed by atoms with Gasteiger partial charge in [-0.3, -0.25) is 4.79 Å². The average Bonchev–Trinajstić information content (AvgIpc) is 3.12. The van der Waals surface area contributed by atoms with E-state index in [1.165, 1.54) is 18.6 Å². The fraction of sp³-hybridized carbons (Fsp3) is 0.500. The molecule has 0 unspecified atom stereocenters. The maximum atomic E-state index is 13.0. The molecule has 1 aliphatic rings. The van der Waals surface area contributed by atoms with Gasteiger partial charge >= 0.3 is 0 Å². The lowest BCUT2D eigenvalue weighted by molar-refractivity contribution is -0.129. The lowest BCUT2D eigenvalue weighted by Crippen LogP contribution is -2.32. The number of amides is 1. The van der Waals surface area contributed by atoms with Gasteiger partial charge in [0.15, 0.2) is 0 Å². The molecule has 1 saturated carbocycles. The van der Waals surface area contributed by atoms with Crippen LogP contribution in [-0.4, -0.2) is 28.8 Å². The van der Waals surface area contributed by atoms with Gasteiger partial charge in [-0.05, 0) is 44.0 Å². The number of aromatic nitrogens is 2. The molecule has 1 aliphatic carbocycles. The van der Waals surface area contributed by atoms with E-state index in [-0.39, 0.29) is 24.4 Å². The summed E-state index contributed by atoms with van der Waals surface area (Å²) in [6, 6.07) is 5.39. The Bertz CT molecular complexity index is 696. The van der Waals surface area contributed by atoms with E-state index >= 15 is 0 Å². The minimum atomic E-state index is -0.427. The largest absolute Gasteiger partial charge is 0.368 e. The Balaban J connectivity index is 1.51. The number of ether oxygens (including phenoxy) is 1. The van der Waals surface area contributed by atoms with Crippen molar-refractivity contribution >= 4 is 5.91 Å². The molecule has 0 spiro atoms. The number of hydrogen-bond acceptors (Lipinski definition) is 5. The van der Waals surface area contributed by atoms with Crippen LogP contribution >= 0.6 is 0 Å². The standard InChI is InChI=1S/C18H22FN3O3/c1-12(20-16(23)11-24-15-5-3-2-4-6-15)18-21-17(22-25-18)13-7-9-14(19)10-8-13/h7-10,12,15H,2-6,11H2,1H3,(H,20,23)/t12-/m0/s1. The molecule has 1 aromatic heterocycles. The zero-order valence-electron chi connectivity index (χ0n) is 14.2. The molecule has 1 atom stereocenters. The third-order valence-corrected chi connectivity index (χ3v) is 4.29. The number of halogens is 1. The molecule has 3 rings (SSSR count). The van der Waals surface area contributed by atoms with Crippen molar-refractivity contribution in [2.24, 2.45) is 0 Å². The summed E-state index contributed by atoms with van der Waals surface area (Å²) < 4.78 is 23.8. The van der Waals surface area contributed by atoms with Gasteiger partial charge in [0.1, 0.15) is 18.5 Å². The summed E-state index contributed by atoms with van der Waals surface area (Å²) in [5.74, 6) is 0.116. The van der Waals surface area contributed by atoms with E-state index < -0.39 is 6.04 Å². The fourth-order valence-corrected chi connectivity index (χ4v) is 2.90. The maximum Gasteiger partial charge on any atom is 0.249 e. The molecule has 1 fully saturated rings. The molecule has 1 aromatic carbocycles. The van der Waals surface area contributed by atoms with E-state index in [4.69, 9.17) is 9.26 Å². The van der Waals surface area contributed by atoms with Crippen molar-refractivity contribution in [3.05, 3.63) is 36.0 Å². The summed E-state index contributed by atoms with van der Waals surface area (Å²) in [6.45, 7) is 1.80. The lowest BCUT2D eigenvalue weighted by Gasteiger charge is -2.21. The van der Waals surface area contributed by atoms with E-state index in [0.717, 1.165) is 25.7 Å². The summed E-state index contributed by atoms with van der Waals surface area (Å²) in [6.07, 6.45) is 5.80. The van der Waals surface area contributed by atoms with Crippen molar-refractivity contribution in [2.75, 3.05) is 6.61 Å². The fourth-order valence-electron chi connectivity index (χ4n) is 2.90. The van der Waals surface area contributed by atoms with Crippen LogP contribution in [-0.2, 0) is 9.53 Å². The van der Waals surface area contributed by atoms with E-state index in [9.17, 15) is 9.18 Å². The molecule has 0 saturated heterocycles. The van der Waals surface area contributed by atoms with Gasteiger partial charge in [-0.2, -0.15) is 4.98 Å². The van der Waals surface area contributed by atoms with Crippen LogP contribution in [0.2, 0.25) is 0 Å². The first-order valence-electron chi connectivity index (χ1n) is 8.62. The first kappa shape index (κ1) is 17.5. The number of benzene rings is 1. The number of nitrogens with one attached hydrogen (secondary N) is 1. The Labute approximate surface area is 145 Å². The van der Waals surface area contributed by atoms with Crippen molar-refractivity contribution in [3.8, 4) is 11.4 Å². The first-order valence-corrected chi connectivity index (χ1v) is 8.62. The normalized spacial score (nSPS) is 16.6. The number of rotatable bonds is 6. The number of hydrogen-bond donors (Lipinski definition) is 1. The van der Waals surface area contributed by atoms with Gasteiger partial charge in [-0.25, -0.2) is 4.39 Å². The van der Waals surface area contributed by atoms with E-state index in [1.54, 1.807) is 19.1 Å². The monoisotopic (exact) mass is 347 g/mol. The molecular weight excluding hydrogens is 325 g/mol. The van der Waals surface area contributed by atoms with Crippen LogP contribution < -0.4 is 5.32 Å². The van der Waals surface area contributed by atoms with Crippen molar-refractivity contribution in [2.45, 2.75) is 51.2 Å². The Morgan fingerprint density at radius 2 is 2.04 bits per heavy atom. The van der Waals surface area contributed by atoms with E-state index in [0.29, 0.717) is 17.3 Å². The number of nitrogens with zero attached hydrogens (tertiary/aromatic N) is 2. The Morgan fingerprint density at radius 3 is 2.76 bits per heavy atom. The van der Waals surface area contributed by atoms with Crippen LogP contribution in [0.15, 0.2) is 28.8 Å². The van der Waals surface area contributed by atoms with Crippen molar-refractivity contribution in [1.82, 2.24) is 15.5 Å². The molecule has 1 amide bonds. The Morgan fingerprint density at radius 1 is 1.32 bits per heavy atom. The highest BCUT2D eigenvalue weighted by atomic mass is 19.1. The molecular formula is C18H22FN3O3. The molecule has 2 aromatic rings. The zero-order chi connectivity index (χ0) is 17.6. The highest BCUT2D eigenvalue weighted by molar-refractivity contribution is 5.77. The molecule has 25 heavy (non-hydrogen) atoms. The first-order chi connectivity index (χ1) is 12.1. The topological polar surface area (TPSA) is 77.2 Å². The quantitative estimate of drug-likeness (QED) is 0.866. The molecule has 1 N–H and O–H groups in total. The molecule has 6 nitrogen and oxygen atoms in total. The lowest BCUT2D eigenvalue weighted by atomic mass is 9.98. The second-order valence-electron chi connectivity index (χ2n) is 6.32. The summed E-state index contributed by atoms with van der Waals surface area (Å²) in [5, 5.41) is 6.66. The maximum absolute atomic E-state index is 13.0. The molecule has 0 radical (unpaired) electrons. The van der Waals surface area contributed by atoms with Gasteiger partial charge < -0.3 is 14.6 Å². The van der Waals surface area contributed by atoms with E-state index in [1.807, 2.05) is 0 Å². The third kappa shape index (κ3) is 4.85. The summed E-state index contributed by atoms with van der Waals surface area (Å²) >= 11 is 0. The van der Waals surface area contributed by atoms with Gasteiger partial charge in [-0.15, -0.1) is 0 Å². The predicted molar refractivity (Wildman–Crippen MR) is 89.1 cm³/mol. The van der Waals surface area contributed by atoms with Crippen LogP contribution in [0.5, 0.6) is 0 Å². The van der Waals surface area contributed by atoms with Crippen LogP contribution in [0.4, 0.5) is 4.39 Å². The molecule has 0 bridgehead atoms. The SMILES string of the molecule is C[C@H](NC(=O)COC1CCCCC1)c1nc(-c2ccc(F)cc2)no1. The van der Waals surface area contributed by atoms with Crippen LogP contribution in [0.3, 0.4) is 0 Å². The zero-order valence-corrected chi connectivity index (χ0v) is 14.2. The van der Waals surface area contributed by atoms with Crippen LogP contribution in [0, 0.1) is 5.82 Å². The smallest absolute Gasteiger partial charge is 0.249 e. The van der Waals surface area contributed by atoms with E-state index in [2.05, 4.69) is 15.5 Å². The minimum Gasteiger partial charge on any atom is -0.368 e. The highest BCUT2D eigenvalue weighted by Crippen LogP contribution is 2.21. The molecule has 7 heteroatoms. The molecule has 1 heterocycles. The summed E-state index contributed by atoms with van der Waals surface area (Å²) in [5.41, 5.74) is 0.649. The van der Waals surface area contributed by atoms with Gasteiger partial charge in [0.2, 0.25) is 17.6 Å². The van der Waals surface area contributed by atoms with Gasteiger partial charge in [0.05, 0.1) is 6.10 Å². The number of carbonyl (C=O) groups is 1. The van der Waals surface area contributed by atoms with Gasteiger partial charge in [0.25, 0.3) is 0 Å². The second-order valence-corrected chi connectivity index (χ2v) is 6.32. The molecule has 134 valence electrons. The average molecular weight is 347 g/mol. The third-order valence-electron chi connectivity index (χ3n) is 4.29. The number of carbonyl (C=O) groups excluding carboxylic acids is 1. The minimum absolute atomic E-state index is 0.0357. The second kappa shape index (κ2) is 8.20. The Kier molecular flexibility index (Phi) is 5.75. The highest BCUT2D eigenvalue weighted by Gasteiger charge is 2.19. The van der Waals surface area contributed by atoms with Crippen molar-refractivity contribution < 1.29 is 18.4 Å². The van der Waals surface area contributed by atoms with Crippen molar-refractivity contribution in [1.29, 1.82) is 0 Å². The Hall–Kier alpha value is -2.28. The van der Waals surface area contributed by atoms with Crippen LogP contribution in [0.1, 0.15) is 51.0 Å². The van der Waals surface area contributed by atoms with Gasteiger partial charge in [0, 0.05) is 5.56 Å². The summed E-state index contributed by atoms with van der Waals surface area (Å²) in [7, 11) is 0. The van der Waals surface area contributed by atoms with Crippen molar-refractivity contribution in [3.63, 3.8) is 0 Å².